The molecule has 0 unspecified atom stereocenters. The van der Waals surface area contributed by atoms with Crippen molar-refractivity contribution in [2.75, 3.05) is 0 Å². The van der Waals surface area contributed by atoms with Gasteiger partial charge in [0.2, 0.25) is 0 Å². The Morgan fingerprint density at radius 2 is 2.43 bits per heavy atom. The Labute approximate surface area is 54.2 Å². The molecule has 0 saturated heterocycles. The third-order valence-electron chi connectivity index (χ3n) is 0.586. The first-order valence-corrected chi connectivity index (χ1v) is 6.55. The van der Waals surface area contributed by atoms with Crippen LogP contribution in [0.2, 0.25) is 4.94 Å². The van der Waals surface area contributed by atoms with Gasteiger partial charge in [-0.05, 0) is 0 Å². The van der Waals surface area contributed by atoms with Crippen LogP contribution in [0.1, 0.15) is 13.3 Å². The van der Waals surface area contributed by atoms with E-state index in [1.165, 1.54) is 0 Å². The monoisotopic (exact) mass is 207 g/mol. The molecule has 0 bridgehead atoms. The van der Waals surface area contributed by atoms with E-state index >= 15 is 0 Å². The van der Waals surface area contributed by atoms with E-state index in [4.69, 9.17) is 0 Å². The molecule has 0 saturated carbocycles. The van der Waals surface area contributed by atoms with E-state index in [2.05, 4.69) is 8.48 Å². The van der Waals surface area contributed by atoms with Gasteiger partial charge in [-0.25, -0.2) is 0 Å². The van der Waals surface area contributed by atoms with Crippen molar-refractivity contribution in [3.8, 4) is 0 Å². The molecule has 0 spiro atoms. The van der Waals surface area contributed by atoms with E-state index in [0.717, 1.165) is 0 Å². The molecule has 0 aromatic heterocycles. The van der Waals surface area contributed by atoms with Crippen LogP contribution in [-0.2, 0) is 4.79 Å². The van der Waals surface area contributed by atoms with E-state index < -0.39 is 21.4 Å². The van der Waals surface area contributed by atoms with Crippen LogP contribution in [-0.4, -0.2) is 27.3 Å². The molecule has 7 heavy (non-hydrogen) atoms. The zero-order valence-electron chi connectivity index (χ0n) is 4.62. The molecule has 0 aromatic rings. The molecular weight excluding hydrogens is 197 g/mol. The summed E-state index contributed by atoms with van der Waals surface area (Å²) in [5, 5.41) is 0. The molecular formula is C4H9NOSn. The summed E-state index contributed by atoms with van der Waals surface area (Å²) >= 11 is -0.465. The van der Waals surface area contributed by atoms with Gasteiger partial charge in [-0.15, -0.1) is 0 Å². The second kappa shape index (κ2) is 4.43. The fourth-order valence-corrected chi connectivity index (χ4v) is 1.53. The van der Waals surface area contributed by atoms with Gasteiger partial charge < -0.3 is 0 Å². The second-order valence-corrected chi connectivity index (χ2v) is 3.29. The van der Waals surface area contributed by atoms with Gasteiger partial charge in [0.05, 0.1) is 0 Å². The molecule has 0 fully saturated rings. The standard InChI is InChI=1S/C3H7NO.CH3.Sn/c1-2-3(4)5;;/h2H2,1H3,(H2,4,5);1H3;/q;;+1/p-1. The van der Waals surface area contributed by atoms with Crippen LogP contribution < -0.4 is 3.54 Å². The number of nitrogens with one attached hydrogen (secondary N) is 1. The summed E-state index contributed by atoms with van der Waals surface area (Å²) in [6.07, 6.45) is 0.634. The summed E-state index contributed by atoms with van der Waals surface area (Å²) in [6.45, 7) is 1.87. The fourth-order valence-electron chi connectivity index (χ4n) is 0.228. The molecule has 1 amide bonds. The Kier molecular flexibility index (Phi) is 4.60. The predicted octanol–water partition coefficient (Wildman–Crippen LogP) is 0.180. The molecule has 2 nitrogen and oxygen atoms in total. The minimum absolute atomic E-state index is 0.203. The third kappa shape index (κ3) is 4.11. The summed E-state index contributed by atoms with van der Waals surface area (Å²) in [4.78, 5) is 12.4. The average Bonchev–Trinajstić information content (AvgIpc) is 1.68. The van der Waals surface area contributed by atoms with Gasteiger partial charge in [0.25, 0.3) is 0 Å². The van der Waals surface area contributed by atoms with Crippen LogP contribution in [0, 0.1) is 0 Å². The molecule has 0 atom stereocenters. The van der Waals surface area contributed by atoms with Gasteiger partial charge in [0.15, 0.2) is 0 Å². The van der Waals surface area contributed by atoms with Gasteiger partial charge in [0.1, 0.15) is 0 Å². The van der Waals surface area contributed by atoms with Crippen molar-refractivity contribution in [3.05, 3.63) is 0 Å². The number of hydrogen-bond acceptors (Lipinski definition) is 1. The van der Waals surface area contributed by atoms with Crippen molar-refractivity contribution in [2.45, 2.75) is 18.3 Å². The molecule has 0 heterocycles. The number of hydrogen-bond donors (Lipinski definition) is 1. The van der Waals surface area contributed by atoms with E-state index in [1.54, 1.807) is 0 Å². The van der Waals surface area contributed by atoms with E-state index in [0.29, 0.717) is 6.42 Å². The summed E-state index contributed by atoms with van der Waals surface area (Å²) in [5.74, 6) is 0.203. The maximum absolute atomic E-state index is 10.3. The number of carbonyl (C=O) groups is 1. The Morgan fingerprint density at radius 3 is 2.57 bits per heavy atom. The molecule has 0 aromatic carbocycles. The maximum atomic E-state index is 10.3. The van der Waals surface area contributed by atoms with E-state index in [9.17, 15) is 4.79 Å². The SMILES string of the molecule is CCC(=O)[NH][Sn][CH3]. The van der Waals surface area contributed by atoms with Crippen LogP contribution >= 0.6 is 0 Å². The van der Waals surface area contributed by atoms with Gasteiger partial charge in [-0.2, -0.15) is 0 Å². The molecule has 0 aliphatic carbocycles. The fraction of sp³-hybridized carbons (Fsp3) is 0.750. The minimum atomic E-state index is -0.465. The van der Waals surface area contributed by atoms with Crippen LogP contribution in [0.5, 0.6) is 0 Å². The normalized spacial score (nSPS) is 8.29. The zero-order valence-corrected chi connectivity index (χ0v) is 7.47. The van der Waals surface area contributed by atoms with Gasteiger partial charge >= 0.3 is 53.9 Å². The summed E-state index contributed by atoms with van der Waals surface area (Å²) in [6, 6.07) is 0. The second-order valence-electron chi connectivity index (χ2n) is 1.15. The van der Waals surface area contributed by atoms with Crippen molar-refractivity contribution >= 4 is 27.3 Å². The van der Waals surface area contributed by atoms with E-state index in [1.807, 2.05) is 6.92 Å². The van der Waals surface area contributed by atoms with Crippen molar-refractivity contribution in [3.63, 3.8) is 0 Å². The van der Waals surface area contributed by atoms with Crippen molar-refractivity contribution in [1.29, 1.82) is 0 Å². The average molecular weight is 206 g/mol. The van der Waals surface area contributed by atoms with Crippen LogP contribution in [0.15, 0.2) is 0 Å². The Hall–Kier alpha value is 0.269. The molecule has 40 valence electrons. The first-order valence-electron chi connectivity index (χ1n) is 2.26. The first kappa shape index (κ1) is 7.27. The Balaban J connectivity index is 3.00. The van der Waals surface area contributed by atoms with Crippen LogP contribution in [0.3, 0.4) is 0 Å². The van der Waals surface area contributed by atoms with Crippen molar-refractivity contribution < 1.29 is 4.79 Å². The molecule has 0 aliphatic rings. The van der Waals surface area contributed by atoms with Crippen LogP contribution in [0.4, 0.5) is 0 Å². The summed E-state index contributed by atoms with van der Waals surface area (Å²) in [7, 11) is 0. The summed E-state index contributed by atoms with van der Waals surface area (Å²) < 4.78 is 2.83. The third-order valence-corrected chi connectivity index (χ3v) is 2.09. The van der Waals surface area contributed by atoms with E-state index in [-0.39, 0.29) is 5.91 Å². The first-order chi connectivity index (χ1) is 3.31. The molecule has 0 rings (SSSR count). The quantitative estimate of drug-likeness (QED) is 0.641. The molecule has 3 heteroatoms. The van der Waals surface area contributed by atoms with Gasteiger partial charge in [-0.1, -0.05) is 0 Å². The summed E-state index contributed by atoms with van der Waals surface area (Å²) in [5.41, 5.74) is 0. The number of carbonyl (C=O) groups excluding carboxylic acids is 1. The number of rotatable bonds is 2. The molecule has 0 aliphatic heterocycles. The Bertz CT molecular complexity index is 64.7. The molecule has 1 N–H and O–H groups in total. The zero-order chi connectivity index (χ0) is 5.70. The van der Waals surface area contributed by atoms with Crippen molar-refractivity contribution in [1.82, 2.24) is 3.54 Å². The Morgan fingerprint density at radius 1 is 1.86 bits per heavy atom. The number of amides is 1. The predicted molar refractivity (Wildman–Crippen MR) is 30.1 cm³/mol. The topological polar surface area (TPSA) is 29.1 Å². The van der Waals surface area contributed by atoms with Gasteiger partial charge in [-0.3, -0.25) is 0 Å². The van der Waals surface area contributed by atoms with Crippen molar-refractivity contribution in [2.24, 2.45) is 0 Å². The van der Waals surface area contributed by atoms with Gasteiger partial charge in [0, 0.05) is 0 Å². The van der Waals surface area contributed by atoms with Crippen LogP contribution in [0.25, 0.3) is 0 Å². The molecule has 2 radical (unpaired) electrons.